The van der Waals surface area contributed by atoms with E-state index < -0.39 is 39.3 Å². The quantitative estimate of drug-likeness (QED) is 0.140. The Morgan fingerprint density at radius 2 is 1.77 bits per heavy atom. The highest BCUT2D eigenvalue weighted by atomic mass is 32.2. The number of nitrogens with one attached hydrogen (secondary N) is 3. The largest absolute Gasteiger partial charge is 0.453 e. The monoisotopic (exact) mass is 911 g/mol. The molecule has 5 aromatic rings. The minimum Gasteiger partial charge on any atom is -0.453 e. The molecule has 18 nitrogen and oxygen atoms in total. The molecule has 0 radical (unpaired) electrons. The van der Waals surface area contributed by atoms with E-state index in [1.54, 1.807) is 36.1 Å². The molecule has 21 heteroatoms. The molecule has 65 heavy (non-hydrogen) atoms. The number of anilines is 2. The Morgan fingerprint density at radius 1 is 1.00 bits per heavy atom. The predicted molar refractivity (Wildman–Crippen MR) is 235 cm³/mol. The third kappa shape index (κ3) is 9.69. The first-order chi connectivity index (χ1) is 31.2. The van der Waals surface area contributed by atoms with E-state index in [4.69, 9.17) is 4.74 Å². The highest BCUT2D eigenvalue weighted by molar-refractivity contribution is 7.90. The third-order valence-electron chi connectivity index (χ3n) is 12.3. The Hall–Kier alpha value is -6.76. The molecule has 0 saturated carbocycles. The molecule has 340 valence electrons. The van der Waals surface area contributed by atoms with Crippen molar-refractivity contribution in [3.8, 4) is 23.3 Å². The molecule has 2 aromatic heterocycles. The Kier molecular flexibility index (Phi) is 12.9. The molecule has 8 rings (SSSR count). The van der Waals surface area contributed by atoms with Crippen molar-refractivity contribution in [2.75, 3.05) is 56.4 Å². The lowest BCUT2D eigenvalue weighted by Gasteiger charge is -2.36. The maximum Gasteiger partial charge on any atom is 0.301 e. The van der Waals surface area contributed by atoms with E-state index in [2.05, 4.69) is 30.3 Å². The maximum absolute atomic E-state index is 15.3. The lowest BCUT2D eigenvalue weighted by atomic mass is 9.89. The van der Waals surface area contributed by atoms with Crippen LogP contribution in [0.25, 0.3) is 16.6 Å². The fraction of sp³-hybridized carbons (Fsp3) is 0.386. The van der Waals surface area contributed by atoms with Crippen LogP contribution < -0.4 is 25.7 Å². The number of fused-ring (bicyclic) bond motifs is 1. The molecule has 3 aliphatic rings. The van der Waals surface area contributed by atoms with Crippen molar-refractivity contribution < 1.29 is 36.3 Å². The number of nitrogens with zero attached hydrogens (tertiary/aromatic N) is 8. The summed E-state index contributed by atoms with van der Waals surface area (Å²) in [5, 5.41) is 19.9. The van der Waals surface area contributed by atoms with Crippen LogP contribution in [0.15, 0.2) is 72.0 Å². The molecular formula is C44H47F2N11O7S. The summed E-state index contributed by atoms with van der Waals surface area (Å²) in [6, 6.07) is 12.5. The number of imide groups is 1. The number of rotatable bonds is 13. The minimum atomic E-state index is -4.04. The van der Waals surface area contributed by atoms with Crippen molar-refractivity contribution >= 4 is 50.2 Å². The summed E-state index contributed by atoms with van der Waals surface area (Å²) < 4.78 is 67.9. The van der Waals surface area contributed by atoms with Gasteiger partial charge in [-0.15, -0.1) is 0 Å². The Labute approximate surface area is 372 Å². The number of nitriles is 1. The Balaban J connectivity index is 0.853. The highest BCUT2D eigenvalue weighted by Gasteiger charge is 2.30. The molecule has 3 aliphatic heterocycles. The standard InChI is InChI=1S/C44H47F2N11O7S/c1-3-53(2)65(62,63)52-38-9-7-35(45)42(34(38)22-47)64-31-5-8-37-33(21-31)44(61)56(26-48-37)30-23-49-57(24-30)29-14-18-55(19-15-29)41(59)25-54-16-12-27(13-17-54)32-6-4-28(20-36(32)46)50-39-10-11-40(58)51-43(39)60/h4-9,20-21,23-24,26-27,29,39,50,52H,3,10-19,25H2,1-2H3,(H,51,58,60). The van der Waals surface area contributed by atoms with Crippen LogP contribution in [0.5, 0.6) is 11.5 Å². The zero-order valence-electron chi connectivity index (χ0n) is 35.7. The summed E-state index contributed by atoms with van der Waals surface area (Å²) in [7, 11) is -2.69. The number of carbonyl (C=O) groups excluding carboxylic acids is 3. The van der Waals surface area contributed by atoms with Gasteiger partial charge in [0.05, 0.1) is 41.1 Å². The summed E-state index contributed by atoms with van der Waals surface area (Å²) in [6.45, 7) is 4.40. The molecular weight excluding hydrogens is 865 g/mol. The molecule has 3 aromatic carbocycles. The van der Waals surface area contributed by atoms with Crippen molar-refractivity contribution in [3.05, 3.63) is 100 Å². The molecule has 3 amide bonds. The number of amides is 3. The highest BCUT2D eigenvalue weighted by Crippen LogP contribution is 2.35. The van der Waals surface area contributed by atoms with Crippen molar-refractivity contribution in [2.45, 2.75) is 63.5 Å². The van der Waals surface area contributed by atoms with Crippen molar-refractivity contribution in [1.82, 2.24) is 38.8 Å². The summed E-state index contributed by atoms with van der Waals surface area (Å²) in [5.41, 5.74) is 0.840. The molecule has 0 bridgehead atoms. The average molecular weight is 912 g/mol. The predicted octanol–water partition coefficient (Wildman–Crippen LogP) is 4.39. The van der Waals surface area contributed by atoms with E-state index in [9.17, 15) is 32.9 Å². The van der Waals surface area contributed by atoms with Crippen LogP contribution in [0, 0.1) is 23.0 Å². The number of piperidine rings is 3. The zero-order chi connectivity index (χ0) is 46.0. The van der Waals surface area contributed by atoms with Gasteiger partial charge in [0.15, 0.2) is 11.6 Å². The molecule has 0 spiro atoms. The van der Waals surface area contributed by atoms with Crippen LogP contribution in [-0.4, -0.2) is 112 Å². The van der Waals surface area contributed by atoms with Crippen LogP contribution in [-0.2, 0) is 24.6 Å². The van der Waals surface area contributed by atoms with E-state index in [0.29, 0.717) is 80.7 Å². The first-order valence-corrected chi connectivity index (χ1v) is 22.8. The van der Waals surface area contributed by atoms with Gasteiger partial charge in [0.1, 0.15) is 35.6 Å². The van der Waals surface area contributed by atoms with Gasteiger partial charge in [0, 0.05) is 45.0 Å². The van der Waals surface area contributed by atoms with Gasteiger partial charge in [-0.05, 0) is 99.1 Å². The molecule has 3 fully saturated rings. The fourth-order valence-electron chi connectivity index (χ4n) is 8.41. The van der Waals surface area contributed by atoms with E-state index in [0.717, 1.165) is 16.4 Å². The van der Waals surface area contributed by atoms with Gasteiger partial charge in [-0.1, -0.05) is 13.0 Å². The van der Waals surface area contributed by atoms with Gasteiger partial charge < -0.3 is 15.0 Å². The van der Waals surface area contributed by atoms with Gasteiger partial charge in [-0.3, -0.25) is 43.4 Å². The summed E-state index contributed by atoms with van der Waals surface area (Å²) in [4.78, 5) is 59.2. The van der Waals surface area contributed by atoms with Crippen LogP contribution in [0.2, 0.25) is 0 Å². The lowest BCUT2D eigenvalue weighted by Crippen LogP contribution is -2.47. The average Bonchev–Trinajstić information content (AvgIpc) is 3.79. The third-order valence-corrected chi connectivity index (χ3v) is 13.8. The van der Waals surface area contributed by atoms with Gasteiger partial charge >= 0.3 is 10.2 Å². The number of benzene rings is 3. The molecule has 3 N–H and O–H groups in total. The second-order valence-corrected chi connectivity index (χ2v) is 18.1. The second kappa shape index (κ2) is 18.8. The molecule has 3 saturated heterocycles. The summed E-state index contributed by atoms with van der Waals surface area (Å²) in [6.07, 6.45) is 7.92. The zero-order valence-corrected chi connectivity index (χ0v) is 36.5. The molecule has 0 aliphatic carbocycles. The van der Waals surface area contributed by atoms with Gasteiger partial charge in [0.2, 0.25) is 17.7 Å². The normalized spacial score (nSPS) is 17.8. The number of hydrogen-bond donors (Lipinski definition) is 3. The first-order valence-electron chi connectivity index (χ1n) is 21.3. The number of aromatic nitrogens is 4. The SMILES string of the molecule is CCN(C)S(=O)(=O)Nc1ccc(F)c(Oc2ccc3ncn(-c4cnn(C5CCN(C(=O)CN6CCC(c7ccc(NC8CCC(=O)NC8=O)cc7F)CC6)CC5)c4)c(=O)c3c2)c1C#N. The van der Waals surface area contributed by atoms with E-state index in [1.165, 1.54) is 42.2 Å². The maximum atomic E-state index is 15.3. The van der Waals surface area contributed by atoms with E-state index in [1.807, 2.05) is 11.0 Å². The number of carbonyl (C=O) groups is 3. The minimum absolute atomic E-state index is 0.00111. The second-order valence-electron chi connectivity index (χ2n) is 16.4. The van der Waals surface area contributed by atoms with Crippen LogP contribution >= 0.6 is 0 Å². The van der Waals surface area contributed by atoms with Crippen molar-refractivity contribution in [1.29, 1.82) is 5.26 Å². The van der Waals surface area contributed by atoms with Crippen molar-refractivity contribution in [3.63, 3.8) is 0 Å². The van der Waals surface area contributed by atoms with Crippen molar-refractivity contribution in [2.24, 2.45) is 0 Å². The van der Waals surface area contributed by atoms with E-state index in [-0.39, 0.29) is 71.5 Å². The number of halogens is 2. The van der Waals surface area contributed by atoms with Crippen LogP contribution in [0.1, 0.15) is 68.5 Å². The fourth-order valence-corrected chi connectivity index (χ4v) is 9.36. The smallest absolute Gasteiger partial charge is 0.301 e. The lowest BCUT2D eigenvalue weighted by molar-refractivity contribution is -0.135. The topological polar surface area (TPSA) is 217 Å². The number of likely N-dealkylation sites (tertiary alicyclic amines) is 2. The van der Waals surface area contributed by atoms with Gasteiger partial charge in [-0.25, -0.2) is 13.8 Å². The Morgan fingerprint density at radius 3 is 2.48 bits per heavy atom. The van der Waals surface area contributed by atoms with Gasteiger partial charge in [-0.2, -0.15) is 23.1 Å². The van der Waals surface area contributed by atoms with Crippen LogP contribution in [0.4, 0.5) is 20.2 Å². The Bertz CT molecular complexity index is 2870. The molecule has 5 heterocycles. The van der Waals surface area contributed by atoms with E-state index >= 15 is 8.78 Å². The molecule has 1 atom stereocenters. The van der Waals surface area contributed by atoms with Gasteiger partial charge in [0.25, 0.3) is 5.56 Å². The first kappa shape index (κ1) is 44.8. The number of hydrogen-bond acceptors (Lipinski definition) is 12. The molecule has 1 unspecified atom stereocenters. The van der Waals surface area contributed by atoms with Crippen LogP contribution in [0.3, 0.4) is 0 Å². The summed E-state index contributed by atoms with van der Waals surface area (Å²) in [5.74, 6) is -2.49. The summed E-state index contributed by atoms with van der Waals surface area (Å²) >= 11 is 0. The number of ether oxygens (including phenoxy) is 1.